The Labute approximate surface area is 158 Å². The number of hydrogen-bond donors (Lipinski definition) is 4. The topological polar surface area (TPSA) is 99.3 Å². The summed E-state index contributed by atoms with van der Waals surface area (Å²) in [5, 5.41) is 5.86. The molecular formula is C15H15Cl3N4O3. The molecule has 1 aliphatic carbocycles. The number of rotatable bonds is 3. The molecule has 0 atom stereocenters. The van der Waals surface area contributed by atoms with Crippen LogP contribution < -0.4 is 21.5 Å². The fraction of sp³-hybridized carbons (Fsp3) is 0.400. The zero-order valence-electron chi connectivity index (χ0n) is 12.9. The van der Waals surface area contributed by atoms with E-state index < -0.39 is 11.6 Å². The number of anilines is 1. The lowest BCUT2D eigenvalue weighted by Crippen LogP contribution is -2.51. The number of hydrogen-bond acceptors (Lipinski definition) is 4. The predicted molar refractivity (Wildman–Crippen MR) is 94.6 cm³/mol. The molecule has 7 nitrogen and oxygen atoms in total. The molecule has 1 saturated carbocycles. The molecule has 0 aromatic heterocycles. The fourth-order valence-corrected chi connectivity index (χ4v) is 4.05. The normalized spacial score (nSPS) is 25.5. The van der Waals surface area contributed by atoms with Crippen molar-refractivity contribution in [2.75, 3.05) is 5.43 Å². The van der Waals surface area contributed by atoms with Gasteiger partial charge in [-0.05, 0) is 37.8 Å². The number of nitrogens with one attached hydrogen (secondary N) is 4. The molecule has 1 aromatic rings. The van der Waals surface area contributed by atoms with Crippen LogP contribution in [0, 0.1) is 5.92 Å². The van der Waals surface area contributed by atoms with Crippen LogP contribution in [0.15, 0.2) is 12.1 Å². The number of carbonyl (C=O) groups excluding carboxylic acids is 3. The smallest absolute Gasteiger partial charge is 0.322 e. The number of carbonyl (C=O) groups is 3. The summed E-state index contributed by atoms with van der Waals surface area (Å²) in [5.74, 6) is -0.843. The zero-order chi connectivity index (χ0) is 18.2. The van der Waals surface area contributed by atoms with Gasteiger partial charge in [-0.25, -0.2) is 4.79 Å². The predicted octanol–water partition coefficient (Wildman–Crippen LogP) is 2.86. The molecule has 2 aliphatic rings. The maximum Gasteiger partial charge on any atom is 0.322 e. The first-order valence-corrected chi connectivity index (χ1v) is 8.78. The largest absolute Gasteiger partial charge is 0.323 e. The van der Waals surface area contributed by atoms with Crippen LogP contribution in [0.2, 0.25) is 15.1 Å². The molecule has 4 N–H and O–H groups in total. The van der Waals surface area contributed by atoms with Crippen molar-refractivity contribution >= 4 is 58.3 Å². The first-order valence-electron chi connectivity index (χ1n) is 7.65. The second-order valence-corrected chi connectivity index (χ2v) is 7.37. The van der Waals surface area contributed by atoms with Gasteiger partial charge in [0.05, 0.1) is 15.7 Å². The molecule has 4 amide bonds. The third-order valence-electron chi connectivity index (χ3n) is 4.54. The lowest BCUT2D eigenvalue weighted by atomic mass is 9.76. The summed E-state index contributed by atoms with van der Waals surface area (Å²) in [5.41, 5.74) is 4.76. The second kappa shape index (κ2) is 6.90. The van der Waals surface area contributed by atoms with E-state index in [4.69, 9.17) is 34.8 Å². The van der Waals surface area contributed by atoms with Gasteiger partial charge in [-0.15, -0.1) is 0 Å². The minimum Gasteiger partial charge on any atom is -0.323 e. The molecular weight excluding hydrogens is 391 g/mol. The third-order valence-corrected chi connectivity index (χ3v) is 5.36. The van der Waals surface area contributed by atoms with Crippen LogP contribution in [-0.2, 0) is 9.59 Å². The van der Waals surface area contributed by atoms with Crippen LogP contribution in [0.1, 0.15) is 25.7 Å². The van der Waals surface area contributed by atoms with E-state index in [1.165, 1.54) is 12.1 Å². The number of urea groups is 1. The Morgan fingerprint density at radius 3 is 2.24 bits per heavy atom. The van der Waals surface area contributed by atoms with Crippen LogP contribution in [0.4, 0.5) is 10.5 Å². The summed E-state index contributed by atoms with van der Waals surface area (Å²) in [6.07, 6.45) is 1.77. The molecule has 1 saturated heterocycles. The quantitative estimate of drug-likeness (QED) is 0.459. The van der Waals surface area contributed by atoms with Gasteiger partial charge < -0.3 is 5.32 Å². The van der Waals surface area contributed by atoms with Crippen LogP contribution in [0.25, 0.3) is 0 Å². The molecule has 1 spiro atoms. The van der Waals surface area contributed by atoms with Crippen molar-refractivity contribution in [1.29, 1.82) is 0 Å². The molecule has 1 aliphatic heterocycles. The molecule has 2 fully saturated rings. The van der Waals surface area contributed by atoms with E-state index in [1.54, 1.807) is 0 Å². The zero-order valence-corrected chi connectivity index (χ0v) is 15.2. The van der Waals surface area contributed by atoms with E-state index in [0.717, 1.165) is 0 Å². The molecule has 1 aromatic carbocycles. The van der Waals surface area contributed by atoms with Crippen LogP contribution >= 0.6 is 34.8 Å². The van der Waals surface area contributed by atoms with Crippen molar-refractivity contribution in [3.05, 3.63) is 27.2 Å². The van der Waals surface area contributed by atoms with Gasteiger partial charge in [0, 0.05) is 10.9 Å². The molecule has 1 heterocycles. The Bertz CT molecular complexity index is 725. The van der Waals surface area contributed by atoms with E-state index >= 15 is 0 Å². The summed E-state index contributed by atoms with van der Waals surface area (Å²) in [6, 6.07) is 2.53. The molecule has 25 heavy (non-hydrogen) atoms. The van der Waals surface area contributed by atoms with Gasteiger partial charge in [0.1, 0.15) is 5.54 Å². The lowest BCUT2D eigenvalue weighted by molar-refractivity contribution is -0.130. The highest BCUT2D eigenvalue weighted by atomic mass is 35.5. The molecule has 0 bridgehead atoms. The fourth-order valence-electron chi connectivity index (χ4n) is 3.14. The van der Waals surface area contributed by atoms with E-state index in [0.29, 0.717) is 36.4 Å². The van der Waals surface area contributed by atoms with Crippen molar-refractivity contribution in [3.63, 3.8) is 0 Å². The summed E-state index contributed by atoms with van der Waals surface area (Å²) >= 11 is 17.9. The van der Waals surface area contributed by atoms with E-state index in [2.05, 4.69) is 21.5 Å². The van der Waals surface area contributed by atoms with Gasteiger partial charge in [0.2, 0.25) is 5.91 Å². The lowest BCUT2D eigenvalue weighted by Gasteiger charge is -2.33. The van der Waals surface area contributed by atoms with Crippen LogP contribution in [-0.4, -0.2) is 23.4 Å². The number of amides is 4. The first-order chi connectivity index (χ1) is 11.8. The molecule has 3 rings (SSSR count). The monoisotopic (exact) mass is 404 g/mol. The third kappa shape index (κ3) is 3.63. The molecule has 134 valence electrons. The number of hydrazine groups is 1. The highest BCUT2D eigenvalue weighted by Gasteiger charge is 2.48. The molecule has 0 radical (unpaired) electrons. The molecule has 10 heteroatoms. The van der Waals surface area contributed by atoms with Gasteiger partial charge in [-0.1, -0.05) is 34.8 Å². The maximum absolute atomic E-state index is 12.3. The summed E-state index contributed by atoms with van der Waals surface area (Å²) in [6.45, 7) is 0. The highest BCUT2D eigenvalue weighted by molar-refractivity contribution is 6.41. The van der Waals surface area contributed by atoms with Crippen molar-refractivity contribution in [2.45, 2.75) is 31.2 Å². The van der Waals surface area contributed by atoms with Crippen LogP contribution in [0.3, 0.4) is 0 Å². The Morgan fingerprint density at radius 2 is 1.72 bits per heavy atom. The number of benzene rings is 1. The Balaban J connectivity index is 1.57. The van der Waals surface area contributed by atoms with E-state index in [9.17, 15) is 14.4 Å². The average molecular weight is 406 g/mol. The number of imide groups is 1. The Morgan fingerprint density at radius 1 is 1.12 bits per heavy atom. The Kier molecular flexibility index (Phi) is 4.99. The highest BCUT2D eigenvalue weighted by Crippen LogP contribution is 2.35. The van der Waals surface area contributed by atoms with Crippen molar-refractivity contribution in [3.8, 4) is 0 Å². The first kappa shape index (κ1) is 18.1. The van der Waals surface area contributed by atoms with Crippen LogP contribution in [0.5, 0.6) is 0 Å². The molecule has 0 unspecified atom stereocenters. The summed E-state index contributed by atoms with van der Waals surface area (Å²) in [7, 11) is 0. The van der Waals surface area contributed by atoms with Crippen molar-refractivity contribution in [1.82, 2.24) is 16.1 Å². The minimum absolute atomic E-state index is 0.235. The van der Waals surface area contributed by atoms with Gasteiger partial charge in [-0.3, -0.25) is 25.8 Å². The van der Waals surface area contributed by atoms with Gasteiger partial charge in [0.25, 0.3) is 5.91 Å². The van der Waals surface area contributed by atoms with Crippen molar-refractivity contribution in [2.24, 2.45) is 5.92 Å². The Hall–Kier alpha value is -1.70. The standard InChI is InChI=1S/C15H15Cl3N4O3/c16-8-5-9(17)11(10(18)6-8)21-22-12(23)7-1-3-15(4-2-7)13(24)19-14(25)20-15/h5-7,21H,1-4H2,(H,22,23)(H2,19,20,24,25). The van der Waals surface area contributed by atoms with Gasteiger partial charge >= 0.3 is 6.03 Å². The van der Waals surface area contributed by atoms with E-state index in [-0.39, 0.29) is 27.8 Å². The summed E-state index contributed by atoms with van der Waals surface area (Å²) in [4.78, 5) is 35.6. The summed E-state index contributed by atoms with van der Waals surface area (Å²) < 4.78 is 0. The SMILES string of the molecule is O=C1NC(=O)C2(CCC(C(=O)NNc3c(Cl)cc(Cl)cc3Cl)CC2)N1. The van der Waals surface area contributed by atoms with Gasteiger partial charge in [-0.2, -0.15) is 0 Å². The maximum atomic E-state index is 12.3. The van der Waals surface area contributed by atoms with E-state index in [1.807, 2.05) is 0 Å². The minimum atomic E-state index is -0.885. The van der Waals surface area contributed by atoms with Gasteiger partial charge in [0.15, 0.2) is 0 Å². The average Bonchev–Trinajstić information content (AvgIpc) is 2.80. The number of halogens is 3. The second-order valence-electron chi connectivity index (χ2n) is 6.12. The van der Waals surface area contributed by atoms with Crippen molar-refractivity contribution < 1.29 is 14.4 Å².